The molecule has 0 spiro atoms. The van der Waals surface area contributed by atoms with Crippen molar-refractivity contribution in [2.45, 2.75) is 12.8 Å². The third-order valence-electron chi connectivity index (χ3n) is 4.69. The summed E-state index contributed by atoms with van der Waals surface area (Å²) in [7, 11) is 0. The maximum Gasteiger partial charge on any atom is 0.239 e. The molecule has 2 saturated heterocycles. The molecule has 26 heavy (non-hydrogen) atoms. The summed E-state index contributed by atoms with van der Waals surface area (Å²) >= 11 is 0. The average Bonchev–Trinajstić information content (AvgIpc) is 3.24. The lowest BCUT2D eigenvalue weighted by atomic mass is 9.97. The van der Waals surface area contributed by atoms with Gasteiger partial charge in [-0.25, -0.2) is 24.6 Å². The fourth-order valence-electron chi connectivity index (χ4n) is 3.28. The summed E-state index contributed by atoms with van der Waals surface area (Å²) in [5.41, 5.74) is 3.03. The van der Waals surface area contributed by atoms with Crippen LogP contribution in [0.3, 0.4) is 0 Å². The van der Waals surface area contributed by atoms with Crippen LogP contribution in [0, 0.1) is 5.92 Å². The predicted octanol–water partition coefficient (Wildman–Crippen LogP) is -0.363. The van der Waals surface area contributed by atoms with Gasteiger partial charge < -0.3 is 9.64 Å². The quantitative estimate of drug-likeness (QED) is 0.791. The van der Waals surface area contributed by atoms with Crippen LogP contribution in [0.1, 0.15) is 12.8 Å². The Hall–Kier alpha value is -2.59. The molecule has 1 atom stereocenters. The number of amides is 1. The molecule has 4 heterocycles. The van der Waals surface area contributed by atoms with Crippen LogP contribution in [0.25, 0.3) is 5.82 Å². The van der Waals surface area contributed by atoms with Gasteiger partial charge in [0.1, 0.15) is 24.8 Å². The Bertz CT molecular complexity index is 732. The lowest BCUT2D eigenvalue weighted by Crippen LogP contribution is -2.52. The van der Waals surface area contributed by atoms with E-state index in [-0.39, 0.29) is 11.8 Å². The molecule has 0 unspecified atom stereocenters. The number of hydrogen-bond acceptors (Lipinski definition) is 8. The van der Waals surface area contributed by atoms with Crippen LogP contribution in [0.4, 0.5) is 5.82 Å². The van der Waals surface area contributed by atoms with Crippen molar-refractivity contribution in [1.29, 1.82) is 0 Å². The van der Waals surface area contributed by atoms with Gasteiger partial charge in [-0.15, -0.1) is 0 Å². The van der Waals surface area contributed by atoms with Gasteiger partial charge in [-0.2, -0.15) is 5.10 Å². The van der Waals surface area contributed by atoms with Gasteiger partial charge in [-0.1, -0.05) is 0 Å². The SMILES string of the molecule is O=C(NN1CCOCC1)[C@@H]1CCCN(c2cc(-n3cncn3)ncn2)C1. The number of anilines is 1. The van der Waals surface area contributed by atoms with Crippen molar-refractivity contribution in [2.75, 3.05) is 44.3 Å². The zero-order valence-electron chi connectivity index (χ0n) is 14.5. The second-order valence-electron chi connectivity index (χ2n) is 6.44. The molecule has 0 aromatic carbocycles. The summed E-state index contributed by atoms with van der Waals surface area (Å²) in [6.07, 6.45) is 6.41. The molecule has 0 radical (unpaired) electrons. The number of aromatic nitrogens is 5. The highest BCUT2D eigenvalue weighted by Crippen LogP contribution is 2.22. The minimum Gasteiger partial charge on any atom is -0.379 e. The molecule has 4 rings (SSSR count). The third-order valence-corrected chi connectivity index (χ3v) is 4.69. The molecule has 2 fully saturated rings. The monoisotopic (exact) mass is 358 g/mol. The van der Waals surface area contributed by atoms with E-state index in [1.807, 2.05) is 11.1 Å². The number of rotatable bonds is 4. The summed E-state index contributed by atoms with van der Waals surface area (Å²) in [4.78, 5) is 27.3. The number of hydrogen-bond donors (Lipinski definition) is 1. The van der Waals surface area contributed by atoms with E-state index in [9.17, 15) is 4.79 Å². The molecule has 0 aliphatic carbocycles. The lowest BCUT2D eigenvalue weighted by molar-refractivity contribution is -0.132. The number of carbonyl (C=O) groups is 1. The highest BCUT2D eigenvalue weighted by Gasteiger charge is 2.28. The summed E-state index contributed by atoms with van der Waals surface area (Å²) < 4.78 is 6.91. The average molecular weight is 358 g/mol. The second-order valence-corrected chi connectivity index (χ2v) is 6.44. The van der Waals surface area contributed by atoms with Gasteiger partial charge in [0, 0.05) is 32.2 Å². The molecule has 0 saturated carbocycles. The fraction of sp³-hybridized carbons (Fsp3) is 0.562. The van der Waals surface area contributed by atoms with Crippen LogP contribution in [0.15, 0.2) is 25.0 Å². The van der Waals surface area contributed by atoms with Crippen molar-refractivity contribution >= 4 is 11.7 Å². The van der Waals surface area contributed by atoms with Crippen LogP contribution in [-0.4, -0.2) is 75.0 Å². The van der Waals surface area contributed by atoms with E-state index in [0.29, 0.717) is 25.6 Å². The Morgan fingerprint density at radius 3 is 2.81 bits per heavy atom. The minimum absolute atomic E-state index is 0.0589. The minimum atomic E-state index is -0.0589. The first-order valence-electron chi connectivity index (χ1n) is 8.85. The highest BCUT2D eigenvalue weighted by molar-refractivity contribution is 5.79. The molecule has 1 N–H and O–H groups in total. The summed E-state index contributed by atoms with van der Waals surface area (Å²) in [5.74, 6) is 1.47. The number of piperidine rings is 1. The van der Waals surface area contributed by atoms with Crippen molar-refractivity contribution in [2.24, 2.45) is 5.92 Å². The van der Waals surface area contributed by atoms with Crippen LogP contribution in [0.2, 0.25) is 0 Å². The molecule has 138 valence electrons. The number of nitrogens with zero attached hydrogens (tertiary/aromatic N) is 7. The van der Waals surface area contributed by atoms with Gasteiger partial charge in [-0.3, -0.25) is 10.2 Å². The zero-order valence-corrected chi connectivity index (χ0v) is 14.5. The maximum absolute atomic E-state index is 12.6. The number of ether oxygens (including phenoxy) is 1. The summed E-state index contributed by atoms with van der Waals surface area (Å²) in [5, 5.41) is 6.04. The first kappa shape index (κ1) is 16.9. The van der Waals surface area contributed by atoms with E-state index in [1.54, 1.807) is 11.0 Å². The van der Waals surface area contributed by atoms with Crippen molar-refractivity contribution < 1.29 is 9.53 Å². The molecule has 2 aliphatic rings. The normalized spacial score (nSPS) is 21.5. The van der Waals surface area contributed by atoms with E-state index < -0.39 is 0 Å². The van der Waals surface area contributed by atoms with E-state index in [0.717, 1.165) is 38.3 Å². The summed E-state index contributed by atoms with van der Waals surface area (Å²) in [6, 6.07) is 1.87. The molecular weight excluding hydrogens is 336 g/mol. The van der Waals surface area contributed by atoms with Crippen molar-refractivity contribution in [3.63, 3.8) is 0 Å². The number of hydrazine groups is 1. The maximum atomic E-state index is 12.6. The van der Waals surface area contributed by atoms with Crippen LogP contribution < -0.4 is 10.3 Å². The second kappa shape index (κ2) is 7.75. The van der Waals surface area contributed by atoms with E-state index in [4.69, 9.17) is 4.74 Å². The van der Waals surface area contributed by atoms with Crippen LogP contribution in [0.5, 0.6) is 0 Å². The largest absolute Gasteiger partial charge is 0.379 e. The molecule has 1 amide bonds. The first-order valence-corrected chi connectivity index (χ1v) is 8.85. The Morgan fingerprint density at radius 1 is 1.15 bits per heavy atom. The van der Waals surface area contributed by atoms with Gasteiger partial charge in [0.05, 0.1) is 19.1 Å². The van der Waals surface area contributed by atoms with E-state index >= 15 is 0 Å². The van der Waals surface area contributed by atoms with Crippen molar-refractivity contribution in [1.82, 2.24) is 35.2 Å². The molecule has 2 aromatic rings. The Labute approximate surface area is 151 Å². The van der Waals surface area contributed by atoms with Gasteiger partial charge >= 0.3 is 0 Å². The number of nitrogens with one attached hydrogen (secondary N) is 1. The standard InChI is InChI=1S/C16H22N8O2/c25-16(21-23-4-6-26-7-5-23)13-2-1-3-22(9-13)14-8-15(19-11-18-14)24-12-17-10-20-24/h8,10-13H,1-7,9H2,(H,21,25)/t13-/m1/s1. The van der Waals surface area contributed by atoms with Gasteiger partial charge in [0.2, 0.25) is 5.91 Å². The molecule has 0 bridgehead atoms. The lowest BCUT2D eigenvalue weighted by Gasteiger charge is -2.34. The van der Waals surface area contributed by atoms with Crippen molar-refractivity contribution in [3.05, 3.63) is 25.0 Å². The first-order chi connectivity index (χ1) is 12.8. The Morgan fingerprint density at radius 2 is 2.00 bits per heavy atom. The number of morpholine rings is 1. The van der Waals surface area contributed by atoms with Gasteiger partial charge in [0.25, 0.3) is 0 Å². The van der Waals surface area contributed by atoms with E-state index in [1.165, 1.54) is 12.7 Å². The topological polar surface area (TPSA) is 101 Å². The zero-order chi connectivity index (χ0) is 17.8. The molecule has 2 aliphatic heterocycles. The fourth-order valence-corrected chi connectivity index (χ4v) is 3.28. The number of carbonyl (C=O) groups excluding carboxylic acids is 1. The van der Waals surface area contributed by atoms with Crippen LogP contribution in [-0.2, 0) is 9.53 Å². The predicted molar refractivity (Wildman–Crippen MR) is 92.4 cm³/mol. The molecule has 2 aromatic heterocycles. The molecular formula is C16H22N8O2. The Kier molecular flexibility index (Phi) is 5.02. The molecule has 10 heteroatoms. The van der Waals surface area contributed by atoms with Gasteiger partial charge in [0.15, 0.2) is 5.82 Å². The molecule has 10 nitrogen and oxygen atoms in total. The van der Waals surface area contributed by atoms with E-state index in [2.05, 4.69) is 30.4 Å². The van der Waals surface area contributed by atoms with Crippen LogP contribution >= 0.6 is 0 Å². The highest BCUT2D eigenvalue weighted by atomic mass is 16.5. The van der Waals surface area contributed by atoms with Gasteiger partial charge in [-0.05, 0) is 12.8 Å². The third kappa shape index (κ3) is 3.81. The smallest absolute Gasteiger partial charge is 0.239 e. The van der Waals surface area contributed by atoms with Crippen molar-refractivity contribution in [3.8, 4) is 5.82 Å². The summed E-state index contributed by atoms with van der Waals surface area (Å²) in [6.45, 7) is 4.29. The Balaban J connectivity index is 1.41.